The molecule has 92 valence electrons. The van der Waals surface area contributed by atoms with Crippen LogP contribution in [0, 0.1) is 0 Å². The fraction of sp³-hybridized carbons (Fsp3) is 0.417. The van der Waals surface area contributed by atoms with Gasteiger partial charge in [0, 0.05) is 30.0 Å². The Morgan fingerprint density at radius 3 is 2.88 bits per heavy atom. The highest BCUT2D eigenvalue weighted by Gasteiger charge is 2.07. The molecular weight excluding hydrogens is 280 g/mol. The Labute approximate surface area is 110 Å². The Morgan fingerprint density at radius 1 is 1.41 bits per heavy atom. The van der Waals surface area contributed by atoms with Gasteiger partial charge in [0.1, 0.15) is 0 Å². The van der Waals surface area contributed by atoms with E-state index < -0.39 is 0 Å². The summed E-state index contributed by atoms with van der Waals surface area (Å²) < 4.78 is 2.98. The molecule has 4 nitrogen and oxygen atoms in total. The van der Waals surface area contributed by atoms with Gasteiger partial charge in [-0.15, -0.1) is 0 Å². The van der Waals surface area contributed by atoms with Crippen LogP contribution in [0.4, 0.5) is 5.82 Å². The van der Waals surface area contributed by atoms with Gasteiger partial charge in [-0.25, -0.2) is 0 Å². The van der Waals surface area contributed by atoms with Crippen LogP contribution in [0.15, 0.2) is 22.7 Å². The van der Waals surface area contributed by atoms with E-state index in [1.165, 1.54) is 0 Å². The first-order chi connectivity index (χ1) is 8.08. The molecule has 1 heterocycles. The van der Waals surface area contributed by atoms with Gasteiger partial charge in [0.05, 0.1) is 5.52 Å². The van der Waals surface area contributed by atoms with Crippen LogP contribution < -0.4 is 5.32 Å². The first kappa shape index (κ1) is 12.4. The summed E-state index contributed by atoms with van der Waals surface area (Å²) in [6.07, 6.45) is 0. The zero-order valence-electron chi connectivity index (χ0n) is 10.4. The van der Waals surface area contributed by atoms with Gasteiger partial charge >= 0.3 is 0 Å². The number of nitrogens with one attached hydrogen (secondary N) is 1. The van der Waals surface area contributed by atoms with Crippen molar-refractivity contribution in [3.05, 3.63) is 22.7 Å². The van der Waals surface area contributed by atoms with Crippen LogP contribution in [0.2, 0.25) is 0 Å². The molecule has 5 heteroatoms. The molecule has 0 bridgehead atoms. The van der Waals surface area contributed by atoms with Crippen molar-refractivity contribution < 1.29 is 0 Å². The van der Waals surface area contributed by atoms with Gasteiger partial charge in [0.15, 0.2) is 5.82 Å². The van der Waals surface area contributed by atoms with Crippen molar-refractivity contribution in [2.75, 3.05) is 32.5 Å². The second-order valence-corrected chi connectivity index (χ2v) is 5.28. The molecule has 2 aromatic rings. The molecule has 0 aliphatic rings. The lowest BCUT2D eigenvalue weighted by molar-refractivity contribution is 0.425. The van der Waals surface area contributed by atoms with Gasteiger partial charge < -0.3 is 10.2 Å². The van der Waals surface area contributed by atoms with Crippen LogP contribution in [0.5, 0.6) is 0 Å². The predicted molar refractivity (Wildman–Crippen MR) is 75.5 cm³/mol. The molecule has 0 amide bonds. The Bertz CT molecular complexity index is 518. The number of rotatable bonds is 4. The van der Waals surface area contributed by atoms with Crippen molar-refractivity contribution in [3.8, 4) is 0 Å². The highest BCUT2D eigenvalue weighted by molar-refractivity contribution is 9.10. The van der Waals surface area contributed by atoms with E-state index in [2.05, 4.69) is 57.5 Å². The van der Waals surface area contributed by atoms with Gasteiger partial charge in [-0.3, -0.25) is 4.68 Å². The van der Waals surface area contributed by atoms with E-state index in [1.807, 2.05) is 17.8 Å². The molecule has 1 aromatic carbocycles. The fourth-order valence-corrected chi connectivity index (χ4v) is 2.11. The molecule has 1 aromatic heterocycles. The van der Waals surface area contributed by atoms with E-state index in [4.69, 9.17) is 0 Å². The van der Waals surface area contributed by atoms with Crippen molar-refractivity contribution in [2.24, 2.45) is 7.05 Å². The third-order valence-corrected chi connectivity index (χ3v) is 3.16. The van der Waals surface area contributed by atoms with E-state index in [0.29, 0.717) is 0 Å². The third kappa shape index (κ3) is 2.79. The number of benzene rings is 1. The number of fused-ring (bicyclic) bond motifs is 1. The molecule has 0 aliphatic heterocycles. The molecule has 2 rings (SSSR count). The predicted octanol–water partition coefficient (Wildman–Crippen LogP) is 2.31. The van der Waals surface area contributed by atoms with Crippen molar-refractivity contribution in [2.45, 2.75) is 0 Å². The fourth-order valence-electron chi connectivity index (χ4n) is 1.76. The summed E-state index contributed by atoms with van der Waals surface area (Å²) in [7, 11) is 6.09. The molecule has 0 saturated carbocycles. The van der Waals surface area contributed by atoms with Crippen LogP contribution in [0.1, 0.15) is 0 Å². The summed E-state index contributed by atoms with van der Waals surface area (Å²) in [5, 5.41) is 9.03. The lowest BCUT2D eigenvalue weighted by atomic mass is 10.2. The van der Waals surface area contributed by atoms with E-state index >= 15 is 0 Å². The molecule has 0 radical (unpaired) electrons. The summed E-state index contributed by atoms with van der Waals surface area (Å²) in [5.74, 6) is 0.955. The van der Waals surface area contributed by atoms with Crippen molar-refractivity contribution in [1.82, 2.24) is 14.7 Å². The number of nitrogens with zero attached hydrogens (tertiary/aromatic N) is 3. The van der Waals surface area contributed by atoms with Gasteiger partial charge in [-0.1, -0.05) is 15.9 Å². The largest absolute Gasteiger partial charge is 0.367 e. The SMILES string of the molecule is CN(C)CCNc1nn(C)c2cc(Br)ccc12. The second kappa shape index (κ2) is 5.06. The molecule has 0 saturated heterocycles. The normalized spacial score (nSPS) is 11.4. The van der Waals surface area contributed by atoms with E-state index in [1.54, 1.807) is 0 Å². The van der Waals surface area contributed by atoms with Crippen LogP contribution in [0.25, 0.3) is 10.9 Å². The summed E-state index contributed by atoms with van der Waals surface area (Å²) in [4.78, 5) is 2.15. The molecule has 0 aliphatic carbocycles. The average molecular weight is 297 g/mol. The lowest BCUT2D eigenvalue weighted by Crippen LogP contribution is -2.21. The highest BCUT2D eigenvalue weighted by Crippen LogP contribution is 2.25. The second-order valence-electron chi connectivity index (χ2n) is 4.36. The molecule has 0 spiro atoms. The van der Waals surface area contributed by atoms with Gasteiger partial charge in [0.2, 0.25) is 0 Å². The minimum Gasteiger partial charge on any atom is -0.367 e. The van der Waals surface area contributed by atoms with Gasteiger partial charge in [-0.05, 0) is 32.3 Å². The third-order valence-electron chi connectivity index (χ3n) is 2.66. The maximum Gasteiger partial charge on any atom is 0.156 e. The van der Waals surface area contributed by atoms with E-state index in [0.717, 1.165) is 34.3 Å². The molecule has 0 atom stereocenters. The lowest BCUT2D eigenvalue weighted by Gasteiger charge is -2.09. The van der Waals surface area contributed by atoms with Crippen molar-refractivity contribution >= 4 is 32.7 Å². The number of anilines is 1. The Kier molecular flexibility index (Phi) is 3.69. The van der Waals surface area contributed by atoms with E-state index in [9.17, 15) is 0 Å². The summed E-state index contributed by atoms with van der Waals surface area (Å²) in [6, 6.07) is 6.21. The quantitative estimate of drug-likeness (QED) is 0.940. The number of aryl methyl sites for hydroxylation is 1. The number of aromatic nitrogens is 2. The summed E-state index contributed by atoms with van der Waals surface area (Å²) >= 11 is 3.48. The first-order valence-corrected chi connectivity index (χ1v) is 6.38. The van der Waals surface area contributed by atoms with Crippen LogP contribution in [-0.2, 0) is 7.05 Å². The number of halogens is 1. The summed E-state index contributed by atoms with van der Waals surface area (Å²) in [5.41, 5.74) is 1.13. The monoisotopic (exact) mass is 296 g/mol. The maximum absolute atomic E-state index is 4.49. The van der Waals surface area contributed by atoms with Gasteiger partial charge in [0.25, 0.3) is 0 Å². The van der Waals surface area contributed by atoms with E-state index in [-0.39, 0.29) is 0 Å². The Morgan fingerprint density at radius 2 is 2.18 bits per heavy atom. The van der Waals surface area contributed by atoms with Crippen LogP contribution in [-0.4, -0.2) is 41.9 Å². The average Bonchev–Trinajstić information content (AvgIpc) is 2.55. The number of hydrogen-bond acceptors (Lipinski definition) is 3. The standard InChI is InChI=1S/C12H17BrN4/c1-16(2)7-6-14-12-10-5-4-9(13)8-11(10)17(3)15-12/h4-5,8H,6-7H2,1-3H3,(H,14,15). The smallest absolute Gasteiger partial charge is 0.156 e. The van der Waals surface area contributed by atoms with Crippen molar-refractivity contribution in [3.63, 3.8) is 0 Å². The Hall–Kier alpha value is -1.07. The first-order valence-electron chi connectivity index (χ1n) is 5.59. The minimum atomic E-state index is 0.898. The topological polar surface area (TPSA) is 33.1 Å². The van der Waals surface area contributed by atoms with Crippen LogP contribution >= 0.6 is 15.9 Å². The molecule has 0 fully saturated rings. The molecule has 1 N–H and O–H groups in total. The van der Waals surface area contributed by atoms with Crippen LogP contribution in [0.3, 0.4) is 0 Å². The molecule has 17 heavy (non-hydrogen) atoms. The molecule has 0 unspecified atom stereocenters. The molecular formula is C12H17BrN4. The zero-order chi connectivity index (χ0) is 12.4. The highest BCUT2D eigenvalue weighted by atomic mass is 79.9. The maximum atomic E-state index is 4.49. The Balaban J connectivity index is 2.23. The number of likely N-dealkylation sites (N-methyl/N-ethyl adjacent to an activating group) is 1. The van der Waals surface area contributed by atoms with Gasteiger partial charge in [-0.2, -0.15) is 5.10 Å². The zero-order valence-corrected chi connectivity index (χ0v) is 12.0. The summed E-state index contributed by atoms with van der Waals surface area (Å²) in [6.45, 7) is 1.89. The minimum absolute atomic E-state index is 0.898. The number of hydrogen-bond donors (Lipinski definition) is 1. The van der Waals surface area contributed by atoms with Crippen molar-refractivity contribution in [1.29, 1.82) is 0 Å².